The van der Waals surface area contributed by atoms with E-state index in [0.29, 0.717) is 6.54 Å². The molecular weight excluding hydrogens is 356 g/mol. The summed E-state index contributed by atoms with van der Waals surface area (Å²) in [7, 11) is 1.94. The zero-order valence-electron chi connectivity index (χ0n) is 15.8. The molecule has 5 nitrogen and oxygen atoms in total. The second-order valence-electron chi connectivity index (χ2n) is 6.58. The molecule has 0 aliphatic rings. The highest BCUT2D eigenvalue weighted by atomic mass is 32.2. The summed E-state index contributed by atoms with van der Waals surface area (Å²) in [5, 5.41) is 12.0. The van der Waals surface area contributed by atoms with Gasteiger partial charge in [0, 0.05) is 20.0 Å². The molecule has 2 aromatic carbocycles. The van der Waals surface area contributed by atoms with E-state index < -0.39 is 0 Å². The summed E-state index contributed by atoms with van der Waals surface area (Å²) in [5.74, 6) is 0.879. The zero-order valence-corrected chi connectivity index (χ0v) is 16.7. The van der Waals surface area contributed by atoms with Crippen molar-refractivity contribution in [1.82, 2.24) is 20.1 Å². The maximum Gasteiger partial charge on any atom is 0.233 e. The first-order valence-electron chi connectivity index (χ1n) is 8.95. The number of thioether (sulfide) groups is 1. The summed E-state index contributed by atoms with van der Waals surface area (Å²) in [6.45, 7) is 4.47. The van der Waals surface area contributed by atoms with Gasteiger partial charge in [-0.3, -0.25) is 4.79 Å². The van der Waals surface area contributed by atoms with Gasteiger partial charge in [0.05, 0.1) is 5.25 Å². The van der Waals surface area contributed by atoms with Crippen LogP contribution in [0.2, 0.25) is 0 Å². The topological polar surface area (TPSA) is 59.8 Å². The van der Waals surface area contributed by atoms with Crippen LogP contribution >= 0.6 is 11.8 Å². The highest BCUT2D eigenvalue weighted by Gasteiger charge is 2.18. The first-order chi connectivity index (χ1) is 13.0. The van der Waals surface area contributed by atoms with Crippen molar-refractivity contribution in [2.45, 2.75) is 37.2 Å². The van der Waals surface area contributed by atoms with Crippen molar-refractivity contribution in [2.24, 2.45) is 7.05 Å². The van der Waals surface area contributed by atoms with Crippen molar-refractivity contribution in [3.8, 4) is 0 Å². The van der Waals surface area contributed by atoms with Gasteiger partial charge < -0.3 is 9.88 Å². The van der Waals surface area contributed by atoms with E-state index in [-0.39, 0.29) is 11.2 Å². The predicted molar refractivity (Wildman–Crippen MR) is 109 cm³/mol. The van der Waals surface area contributed by atoms with Gasteiger partial charge in [-0.2, -0.15) is 0 Å². The third-order valence-electron chi connectivity index (χ3n) is 4.37. The van der Waals surface area contributed by atoms with Gasteiger partial charge in [-0.25, -0.2) is 0 Å². The molecule has 0 radical (unpaired) electrons. The van der Waals surface area contributed by atoms with E-state index in [1.165, 1.54) is 22.9 Å². The van der Waals surface area contributed by atoms with Crippen molar-refractivity contribution in [3.05, 3.63) is 77.1 Å². The molecule has 0 fully saturated rings. The number of nitrogens with zero attached hydrogens (tertiary/aromatic N) is 3. The number of aromatic nitrogens is 3. The monoisotopic (exact) mass is 380 g/mol. The second-order valence-corrected chi connectivity index (χ2v) is 7.89. The van der Waals surface area contributed by atoms with Crippen molar-refractivity contribution in [2.75, 3.05) is 0 Å². The first-order valence-corrected chi connectivity index (χ1v) is 9.83. The van der Waals surface area contributed by atoms with Crippen LogP contribution in [0.15, 0.2) is 59.8 Å². The quantitative estimate of drug-likeness (QED) is 0.637. The van der Waals surface area contributed by atoms with E-state index in [1.54, 1.807) is 0 Å². The Morgan fingerprint density at radius 1 is 1.07 bits per heavy atom. The van der Waals surface area contributed by atoms with Gasteiger partial charge in [-0.05, 0) is 25.0 Å². The molecule has 3 aromatic rings. The SMILES string of the molecule is Cc1ccc(CNC(=O)[C@H](C)Sc2nnc(Cc3ccccc3)n2C)cc1. The lowest BCUT2D eigenvalue weighted by Gasteiger charge is -2.12. The smallest absolute Gasteiger partial charge is 0.233 e. The number of hydrogen-bond acceptors (Lipinski definition) is 4. The van der Waals surface area contributed by atoms with Crippen molar-refractivity contribution in [3.63, 3.8) is 0 Å². The summed E-state index contributed by atoms with van der Waals surface area (Å²) in [6.07, 6.45) is 0.721. The fraction of sp³-hybridized carbons (Fsp3) is 0.286. The number of rotatable bonds is 7. The number of nitrogens with one attached hydrogen (secondary N) is 1. The maximum atomic E-state index is 12.4. The standard InChI is InChI=1S/C21H24N4OS/c1-15-9-11-18(12-10-15)14-22-20(26)16(2)27-21-24-23-19(25(21)3)13-17-7-5-4-6-8-17/h4-12,16H,13-14H2,1-3H3,(H,22,26)/t16-/m0/s1. The Bertz CT molecular complexity index is 890. The lowest BCUT2D eigenvalue weighted by molar-refractivity contribution is -0.120. The van der Waals surface area contributed by atoms with Crippen molar-refractivity contribution in [1.29, 1.82) is 0 Å². The van der Waals surface area contributed by atoms with Gasteiger partial charge in [0.1, 0.15) is 5.82 Å². The average molecular weight is 381 g/mol. The minimum Gasteiger partial charge on any atom is -0.351 e. The normalized spacial score (nSPS) is 12.0. The van der Waals surface area contributed by atoms with Crippen LogP contribution in [0.4, 0.5) is 0 Å². The van der Waals surface area contributed by atoms with Crippen LogP contribution in [0.1, 0.15) is 29.4 Å². The van der Waals surface area contributed by atoms with Crippen LogP contribution in [0.25, 0.3) is 0 Å². The molecule has 6 heteroatoms. The number of carbonyl (C=O) groups is 1. The number of benzene rings is 2. The molecule has 1 atom stereocenters. The van der Waals surface area contributed by atoms with E-state index in [2.05, 4.69) is 27.6 Å². The predicted octanol–water partition coefficient (Wildman–Crippen LogP) is 3.51. The van der Waals surface area contributed by atoms with Gasteiger partial charge in [0.15, 0.2) is 5.16 Å². The van der Waals surface area contributed by atoms with Crippen LogP contribution in [0.3, 0.4) is 0 Å². The Balaban J connectivity index is 1.56. The first kappa shape index (κ1) is 19.2. The molecule has 0 unspecified atom stereocenters. The van der Waals surface area contributed by atoms with Gasteiger partial charge in [-0.1, -0.05) is 71.9 Å². The third-order valence-corrected chi connectivity index (χ3v) is 5.50. The molecule has 1 N–H and O–H groups in total. The minimum absolute atomic E-state index is 0.00631. The Morgan fingerprint density at radius 3 is 2.48 bits per heavy atom. The van der Waals surface area contributed by atoms with Crippen LogP contribution in [0, 0.1) is 6.92 Å². The van der Waals surface area contributed by atoms with Crippen molar-refractivity contribution < 1.29 is 4.79 Å². The summed E-state index contributed by atoms with van der Waals surface area (Å²) >= 11 is 1.42. The fourth-order valence-electron chi connectivity index (χ4n) is 2.63. The molecule has 3 rings (SSSR count). The van der Waals surface area contributed by atoms with Gasteiger partial charge >= 0.3 is 0 Å². The fourth-order valence-corrected chi connectivity index (χ4v) is 3.49. The molecule has 0 aliphatic carbocycles. The highest BCUT2D eigenvalue weighted by Crippen LogP contribution is 2.22. The summed E-state index contributed by atoms with van der Waals surface area (Å²) in [5.41, 5.74) is 3.49. The van der Waals surface area contributed by atoms with Gasteiger partial charge in [0.25, 0.3) is 0 Å². The molecule has 0 saturated heterocycles. The minimum atomic E-state index is -0.247. The largest absolute Gasteiger partial charge is 0.351 e. The average Bonchev–Trinajstić information content (AvgIpc) is 3.01. The molecule has 1 heterocycles. The molecular formula is C21H24N4OS. The van der Waals surface area contributed by atoms with E-state index in [4.69, 9.17) is 0 Å². The van der Waals surface area contributed by atoms with E-state index in [1.807, 2.05) is 67.9 Å². The molecule has 1 amide bonds. The second kappa shape index (κ2) is 8.86. The van der Waals surface area contributed by atoms with Crippen molar-refractivity contribution >= 4 is 17.7 Å². The molecule has 0 spiro atoms. The maximum absolute atomic E-state index is 12.4. The number of aryl methyl sites for hydroxylation is 1. The molecule has 1 aromatic heterocycles. The highest BCUT2D eigenvalue weighted by molar-refractivity contribution is 8.00. The zero-order chi connectivity index (χ0) is 19.2. The van der Waals surface area contributed by atoms with Crippen LogP contribution in [-0.4, -0.2) is 25.9 Å². The van der Waals surface area contributed by atoms with E-state index in [0.717, 1.165) is 23.0 Å². The summed E-state index contributed by atoms with van der Waals surface area (Å²) < 4.78 is 1.96. The summed E-state index contributed by atoms with van der Waals surface area (Å²) in [6, 6.07) is 18.3. The lowest BCUT2D eigenvalue weighted by Crippen LogP contribution is -2.30. The molecule has 140 valence electrons. The Labute approximate surface area is 164 Å². The molecule has 0 bridgehead atoms. The van der Waals surface area contributed by atoms with Crippen LogP contribution < -0.4 is 5.32 Å². The summed E-state index contributed by atoms with van der Waals surface area (Å²) in [4.78, 5) is 12.4. The molecule has 27 heavy (non-hydrogen) atoms. The Kier molecular flexibility index (Phi) is 6.29. The Hall–Kier alpha value is -2.60. The molecule has 0 saturated carbocycles. The number of amides is 1. The number of carbonyl (C=O) groups excluding carboxylic acids is 1. The van der Waals surface area contributed by atoms with Crippen LogP contribution in [0.5, 0.6) is 0 Å². The van der Waals surface area contributed by atoms with Gasteiger partial charge in [-0.15, -0.1) is 10.2 Å². The van der Waals surface area contributed by atoms with Crippen LogP contribution in [-0.2, 0) is 24.8 Å². The van der Waals surface area contributed by atoms with E-state index in [9.17, 15) is 4.79 Å². The van der Waals surface area contributed by atoms with Gasteiger partial charge in [0.2, 0.25) is 5.91 Å². The third kappa shape index (κ3) is 5.20. The number of hydrogen-bond donors (Lipinski definition) is 1. The van der Waals surface area contributed by atoms with E-state index >= 15 is 0 Å². The molecule has 0 aliphatic heterocycles. The Morgan fingerprint density at radius 2 is 1.78 bits per heavy atom. The lowest BCUT2D eigenvalue weighted by atomic mass is 10.1.